The monoisotopic (exact) mass is 618 g/mol. The van der Waals surface area contributed by atoms with Crippen LogP contribution in [0.5, 0.6) is 5.75 Å². The van der Waals surface area contributed by atoms with Gasteiger partial charge in [-0.25, -0.2) is 14.8 Å². The Morgan fingerprint density at radius 1 is 0.884 bits per heavy atom. The summed E-state index contributed by atoms with van der Waals surface area (Å²) in [5.41, 5.74) is 4.29. The highest BCUT2D eigenvalue weighted by Crippen LogP contribution is 2.30. The maximum atomic E-state index is 13.1. The number of anilines is 5. The van der Waals surface area contributed by atoms with Crippen molar-refractivity contribution >= 4 is 64.0 Å². The molecule has 43 heavy (non-hydrogen) atoms. The number of aromatic nitrogens is 3. The number of aryl methyl sites for hydroxylation is 2. The van der Waals surface area contributed by atoms with Crippen LogP contribution in [0.1, 0.15) is 11.1 Å². The molecule has 0 unspecified atom stereocenters. The SMILES string of the molecule is O=C(COc1ccc2cc1CCc1cccc(c1)Nc1ncc(Cl)c(n1)N2)N1CCN(C(=O)Nc2ccc(Cl)nc2)CC1. The van der Waals surface area contributed by atoms with Crippen LogP contribution >= 0.6 is 23.2 Å². The summed E-state index contributed by atoms with van der Waals surface area (Å²) in [6.45, 7) is 1.53. The van der Waals surface area contributed by atoms with E-state index in [1.165, 1.54) is 6.20 Å². The van der Waals surface area contributed by atoms with Crippen LogP contribution < -0.4 is 20.7 Å². The molecule has 0 radical (unpaired) electrons. The lowest BCUT2D eigenvalue weighted by molar-refractivity contribution is -0.134. The Morgan fingerprint density at radius 3 is 2.51 bits per heavy atom. The Hall–Kier alpha value is -4.61. The number of urea groups is 1. The number of nitrogens with one attached hydrogen (secondary N) is 3. The maximum absolute atomic E-state index is 13.1. The third kappa shape index (κ3) is 7.07. The van der Waals surface area contributed by atoms with E-state index in [0.717, 1.165) is 28.9 Å². The summed E-state index contributed by atoms with van der Waals surface area (Å²) in [5.74, 6) is 1.40. The molecule has 4 aromatic rings. The summed E-state index contributed by atoms with van der Waals surface area (Å²) >= 11 is 12.2. The van der Waals surface area contributed by atoms with Gasteiger partial charge < -0.3 is 30.5 Å². The van der Waals surface area contributed by atoms with Gasteiger partial charge in [0.15, 0.2) is 12.4 Å². The molecule has 0 aliphatic carbocycles. The Balaban J connectivity index is 1.10. The summed E-state index contributed by atoms with van der Waals surface area (Å²) in [6, 6.07) is 16.8. The number of amides is 3. The summed E-state index contributed by atoms with van der Waals surface area (Å²) in [5, 5.41) is 10.1. The zero-order valence-corrected chi connectivity index (χ0v) is 24.5. The normalized spacial score (nSPS) is 14.3. The number of nitrogens with zero attached hydrogens (tertiary/aromatic N) is 5. The predicted octanol–water partition coefficient (Wildman–Crippen LogP) is 5.52. The molecule has 0 atom stereocenters. The first kappa shape index (κ1) is 28.5. The molecule has 4 heterocycles. The number of carbonyl (C=O) groups is 2. The predicted molar refractivity (Wildman–Crippen MR) is 166 cm³/mol. The second kappa shape index (κ2) is 12.7. The zero-order chi connectivity index (χ0) is 29.8. The average molecular weight is 620 g/mol. The highest BCUT2D eigenvalue weighted by molar-refractivity contribution is 6.33. The van der Waals surface area contributed by atoms with Crippen LogP contribution in [0, 0.1) is 0 Å². The Bertz CT molecular complexity index is 1650. The molecule has 0 saturated carbocycles. The molecule has 2 aliphatic rings. The molecule has 2 aromatic carbocycles. The van der Waals surface area contributed by atoms with Gasteiger partial charge in [0.2, 0.25) is 5.95 Å². The van der Waals surface area contributed by atoms with Crippen LogP contribution in [0.15, 0.2) is 67.0 Å². The minimum absolute atomic E-state index is 0.108. The number of hydrogen-bond donors (Lipinski definition) is 3. The van der Waals surface area contributed by atoms with E-state index in [1.54, 1.807) is 28.1 Å². The van der Waals surface area contributed by atoms with E-state index >= 15 is 0 Å². The largest absolute Gasteiger partial charge is 0.483 e. The van der Waals surface area contributed by atoms with E-state index in [4.69, 9.17) is 27.9 Å². The molecule has 220 valence electrons. The molecule has 2 aliphatic heterocycles. The number of carbonyl (C=O) groups excluding carboxylic acids is 2. The van der Waals surface area contributed by atoms with Crippen LogP contribution in [0.25, 0.3) is 0 Å². The molecule has 3 amide bonds. The topological polar surface area (TPSA) is 125 Å². The van der Waals surface area contributed by atoms with Crippen molar-refractivity contribution in [2.45, 2.75) is 12.8 Å². The fourth-order valence-electron chi connectivity index (χ4n) is 4.90. The first-order valence-corrected chi connectivity index (χ1v) is 14.5. The van der Waals surface area contributed by atoms with Crippen molar-refractivity contribution in [2.24, 2.45) is 0 Å². The van der Waals surface area contributed by atoms with E-state index in [1.807, 2.05) is 30.3 Å². The highest BCUT2D eigenvalue weighted by atomic mass is 35.5. The van der Waals surface area contributed by atoms with Crippen molar-refractivity contribution in [3.8, 4) is 5.75 Å². The molecule has 13 heteroatoms. The van der Waals surface area contributed by atoms with E-state index < -0.39 is 0 Å². The summed E-state index contributed by atoms with van der Waals surface area (Å²) in [4.78, 5) is 41.9. The van der Waals surface area contributed by atoms with E-state index in [-0.39, 0.29) is 18.5 Å². The second-order valence-electron chi connectivity index (χ2n) is 10.1. The minimum atomic E-state index is -0.248. The van der Waals surface area contributed by atoms with Crippen molar-refractivity contribution in [3.63, 3.8) is 0 Å². The number of ether oxygens (including phenoxy) is 1. The van der Waals surface area contributed by atoms with Gasteiger partial charge >= 0.3 is 6.03 Å². The van der Waals surface area contributed by atoms with Crippen LogP contribution in [-0.2, 0) is 17.6 Å². The van der Waals surface area contributed by atoms with Crippen LogP contribution in [0.3, 0.4) is 0 Å². The third-order valence-electron chi connectivity index (χ3n) is 7.18. The van der Waals surface area contributed by atoms with Gasteiger partial charge in [0.25, 0.3) is 5.91 Å². The lowest BCUT2D eigenvalue weighted by atomic mass is 10.0. The lowest BCUT2D eigenvalue weighted by Crippen LogP contribution is -2.52. The second-order valence-corrected chi connectivity index (χ2v) is 10.9. The molecule has 2 aromatic heterocycles. The third-order valence-corrected chi connectivity index (χ3v) is 7.68. The number of pyridine rings is 1. The molecule has 1 fully saturated rings. The first-order valence-electron chi connectivity index (χ1n) is 13.8. The number of hydrogen-bond acceptors (Lipinski definition) is 8. The summed E-state index contributed by atoms with van der Waals surface area (Å²) in [6.07, 6.45) is 4.50. The van der Waals surface area contributed by atoms with Crippen molar-refractivity contribution < 1.29 is 14.3 Å². The van der Waals surface area contributed by atoms with Crippen LogP contribution in [0.2, 0.25) is 10.2 Å². The fraction of sp³-hybridized carbons (Fsp3) is 0.233. The number of piperazine rings is 1. The van der Waals surface area contributed by atoms with Gasteiger partial charge in [0.1, 0.15) is 15.9 Å². The van der Waals surface area contributed by atoms with Gasteiger partial charge in [0.05, 0.1) is 18.1 Å². The van der Waals surface area contributed by atoms with Gasteiger partial charge in [-0.1, -0.05) is 35.3 Å². The van der Waals surface area contributed by atoms with E-state index in [0.29, 0.717) is 66.0 Å². The molecular formula is C30H28Cl2N8O3. The lowest BCUT2D eigenvalue weighted by Gasteiger charge is -2.34. The summed E-state index contributed by atoms with van der Waals surface area (Å²) in [7, 11) is 0. The Morgan fingerprint density at radius 2 is 1.70 bits per heavy atom. The molecule has 6 bridgehead atoms. The van der Waals surface area contributed by atoms with Gasteiger partial charge in [-0.2, -0.15) is 4.98 Å². The molecule has 0 spiro atoms. The van der Waals surface area contributed by atoms with Gasteiger partial charge in [-0.05, 0) is 66.4 Å². The minimum Gasteiger partial charge on any atom is -0.483 e. The summed E-state index contributed by atoms with van der Waals surface area (Å²) < 4.78 is 6.07. The first-order chi connectivity index (χ1) is 20.9. The number of benzene rings is 2. The number of halogens is 2. The Labute approximate surface area is 258 Å². The van der Waals surface area contributed by atoms with Crippen molar-refractivity contribution in [1.82, 2.24) is 24.8 Å². The fourth-order valence-corrected chi connectivity index (χ4v) is 5.15. The molecular weight excluding hydrogens is 591 g/mol. The van der Waals surface area contributed by atoms with Gasteiger partial charge in [-0.15, -0.1) is 0 Å². The van der Waals surface area contributed by atoms with Gasteiger partial charge in [0, 0.05) is 37.6 Å². The maximum Gasteiger partial charge on any atom is 0.322 e. The molecule has 11 nitrogen and oxygen atoms in total. The standard InChI is InChI=1S/C30H28Cl2N8O3/c31-24-17-34-29-36-21-3-1-2-19(14-21)4-5-20-15-22(35-28(24)38-29)6-8-25(20)43-18-27(41)39-10-12-40(13-11-39)30(42)37-23-7-9-26(32)33-16-23/h1-3,6-9,14-17H,4-5,10-13,18H2,(H,37,42)(H2,34,35,36,38). The molecule has 6 rings (SSSR count). The molecule has 3 N–H and O–H groups in total. The Kier molecular flexibility index (Phi) is 8.43. The van der Waals surface area contributed by atoms with E-state index in [9.17, 15) is 9.59 Å². The smallest absolute Gasteiger partial charge is 0.322 e. The van der Waals surface area contributed by atoms with Crippen molar-refractivity contribution in [3.05, 3.63) is 88.3 Å². The van der Waals surface area contributed by atoms with Crippen LogP contribution in [-0.4, -0.2) is 69.5 Å². The molecule has 1 saturated heterocycles. The number of rotatable bonds is 4. The van der Waals surface area contributed by atoms with E-state index in [2.05, 4.69) is 43.0 Å². The van der Waals surface area contributed by atoms with Crippen LogP contribution in [0.4, 0.5) is 33.6 Å². The average Bonchev–Trinajstić information content (AvgIpc) is 3.02. The van der Waals surface area contributed by atoms with Gasteiger partial charge in [-0.3, -0.25) is 4.79 Å². The van der Waals surface area contributed by atoms with Crippen molar-refractivity contribution in [2.75, 3.05) is 48.7 Å². The quantitative estimate of drug-likeness (QED) is 0.255. The highest BCUT2D eigenvalue weighted by Gasteiger charge is 2.25. The zero-order valence-electron chi connectivity index (χ0n) is 23.0. The van der Waals surface area contributed by atoms with Crippen molar-refractivity contribution in [1.29, 1.82) is 0 Å². The number of fused-ring (bicyclic) bond motifs is 6.